The third kappa shape index (κ3) is 1.90. The van der Waals surface area contributed by atoms with Crippen molar-refractivity contribution in [3.8, 4) is 0 Å². The zero-order valence-electron chi connectivity index (χ0n) is 5.77. The monoisotopic (exact) mass is 184 g/mol. The second-order valence-corrected chi connectivity index (χ2v) is 7.60. The van der Waals surface area contributed by atoms with E-state index in [1.54, 1.807) is 30.3 Å². The van der Waals surface area contributed by atoms with Gasteiger partial charge < -0.3 is 14.1 Å². The molecular formula is C6H8O3Si2. The van der Waals surface area contributed by atoms with Crippen molar-refractivity contribution in [2.24, 2.45) is 0 Å². The first kappa shape index (κ1) is 8.47. The molecule has 58 valence electrons. The van der Waals surface area contributed by atoms with E-state index >= 15 is 0 Å². The average Bonchev–Trinajstić information content (AvgIpc) is 2.06. The average molecular weight is 184 g/mol. The summed E-state index contributed by atoms with van der Waals surface area (Å²) in [6, 6.07) is 8.32. The summed E-state index contributed by atoms with van der Waals surface area (Å²) in [5.41, 5.74) is 0. The Morgan fingerprint density at radius 2 is 1.73 bits per heavy atom. The fourth-order valence-corrected chi connectivity index (χ4v) is 2.56. The summed E-state index contributed by atoms with van der Waals surface area (Å²) in [4.78, 5) is 18.4. The molecule has 0 unspecified atom stereocenters. The Morgan fingerprint density at radius 3 is 2.18 bits per heavy atom. The Kier molecular flexibility index (Phi) is 2.45. The van der Waals surface area contributed by atoms with Gasteiger partial charge in [0.15, 0.2) is 0 Å². The van der Waals surface area contributed by atoms with Crippen LogP contribution in [0.4, 0.5) is 0 Å². The molecule has 1 rings (SSSR count). The van der Waals surface area contributed by atoms with Crippen LogP contribution in [0.1, 0.15) is 0 Å². The summed E-state index contributed by atoms with van der Waals surface area (Å²) in [6.45, 7) is 0. The van der Waals surface area contributed by atoms with Gasteiger partial charge in [0.25, 0.3) is 0 Å². The van der Waals surface area contributed by atoms with Crippen LogP contribution >= 0.6 is 0 Å². The molecule has 0 bridgehead atoms. The molecule has 0 fully saturated rings. The van der Waals surface area contributed by atoms with Gasteiger partial charge in [-0.25, -0.2) is 0 Å². The first-order valence-corrected chi connectivity index (χ1v) is 7.31. The van der Waals surface area contributed by atoms with Crippen molar-refractivity contribution >= 4 is 22.2 Å². The molecule has 0 atom stereocenters. The maximum Gasteiger partial charge on any atom is 0.409 e. The number of benzene rings is 1. The van der Waals surface area contributed by atoms with Gasteiger partial charge in [-0.2, -0.15) is 0 Å². The maximum absolute atomic E-state index is 10.4. The van der Waals surface area contributed by atoms with Crippen molar-refractivity contribution in [1.29, 1.82) is 0 Å². The molecule has 0 saturated carbocycles. The first-order chi connectivity index (χ1) is 5.17. The van der Waals surface area contributed by atoms with Crippen LogP contribution in [-0.4, -0.2) is 26.6 Å². The van der Waals surface area contributed by atoms with Gasteiger partial charge in [0.05, 0.1) is 0 Å². The lowest BCUT2D eigenvalue weighted by Gasteiger charge is -2.08. The molecule has 0 radical (unpaired) electrons. The lowest BCUT2D eigenvalue weighted by Crippen LogP contribution is -2.51. The molecule has 0 aliphatic rings. The summed E-state index contributed by atoms with van der Waals surface area (Å²) in [5.74, 6) is 0. The van der Waals surface area contributed by atoms with E-state index in [1.165, 1.54) is 0 Å². The van der Waals surface area contributed by atoms with Crippen LogP contribution in [0, 0.1) is 0 Å². The normalized spacial score (nSPS) is 11.1. The molecule has 5 heteroatoms. The highest BCUT2D eigenvalue weighted by atomic mass is 29.2. The molecule has 0 saturated heterocycles. The third-order valence-electron chi connectivity index (χ3n) is 1.36. The summed E-state index contributed by atoms with van der Waals surface area (Å²) in [5, 5.41) is 0.407. The number of hydrogen-bond donors (Lipinski definition) is 2. The molecule has 3 nitrogen and oxygen atoms in total. The predicted molar refractivity (Wildman–Crippen MR) is 44.1 cm³/mol. The molecule has 1 aromatic carbocycles. The lowest BCUT2D eigenvalue weighted by molar-refractivity contribution is 0.404. The summed E-state index contributed by atoms with van der Waals surface area (Å²) >= 11 is 0. The Hall–Kier alpha value is -0.626. The topological polar surface area (TPSA) is 57.5 Å². The minimum absolute atomic E-state index is 0.407. The Bertz CT molecular complexity index is 247. The van der Waals surface area contributed by atoms with Crippen LogP contribution in [0.15, 0.2) is 30.3 Å². The SMILES string of the molecule is O=[SiH][Si](O)(O)c1ccccc1. The van der Waals surface area contributed by atoms with Gasteiger partial charge in [0, 0.05) is 0 Å². The highest BCUT2D eigenvalue weighted by Crippen LogP contribution is 1.90. The number of hydrogen-bond acceptors (Lipinski definition) is 3. The van der Waals surface area contributed by atoms with Gasteiger partial charge in [-0.3, -0.25) is 0 Å². The van der Waals surface area contributed by atoms with Crippen molar-refractivity contribution in [2.75, 3.05) is 0 Å². The van der Waals surface area contributed by atoms with E-state index in [0.717, 1.165) is 0 Å². The third-order valence-corrected chi connectivity index (χ3v) is 4.86. The summed E-state index contributed by atoms with van der Waals surface area (Å²) in [6.07, 6.45) is 0. The van der Waals surface area contributed by atoms with Gasteiger partial charge in [0.1, 0.15) is 0 Å². The van der Waals surface area contributed by atoms with Crippen molar-refractivity contribution in [2.45, 2.75) is 0 Å². The molecule has 0 aromatic heterocycles. The Balaban J connectivity index is 3.02. The van der Waals surface area contributed by atoms with Crippen molar-refractivity contribution in [3.05, 3.63) is 30.3 Å². The van der Waals surface area contributed by atoms with Crippen LogP contribution in [-0.2, 0) is 4.46 Å². The van der Waals surface area contributed by atoms with Crippen LogP contribution in [0.25, 0.3) is 0 Å². The fraction of sp³-hybridized carbons (Fsp3) is 0. The highest BCUT2D eigenvalue weighted by Gasteiger charge is 2.31. The molecule has 2 N–H and O–H groups in total. The van der Waals surface area contributed by atoms with Crippen molar-refractivity contribution in [1.82, 2.24) is 0 Å². The van der Waals surface area contributed by atoms with Gasteiger partial charge in [-0.15, -0.1) is 0 Å². The van der Waals surface area contributed by atoms with Gasteiger partial charge in [-0.1, -0.05) is 30.3 Å². The van der Waals surface area contributed by atoms with Gasteiger partial charge >= 0.3 is 17.0 Å². The quantitative estimate of drug-likeness (QED) is 0.556. The van der Waals surface area contributed by atoms with Crippen LogP contribution in [0.2, 0.25) is 0 Å². The molecule has 0 amide bonds. The molecular weight excluding hydrogens is 176 g/mol. The summed E-state index contributed by atoms with van der Waals surface area (Å²) < 4.78 is 10.4. The van der Waals surface area contributed by atoms with Gasteiger partial charge in [-0.05, 0) is 5.19 Å². The standard InChI is InChI=1S/C6H8O3Si2/c7-10-11(8,9)6-4-2-1-3-5-6/h1-5,8-10H. The smallest absolute Gasteiger partial charge is 0.406 e. The minimum Gasteiger partial charge on any atom is -0.406 e. The molecule has 0 aliphatic carbocycles. The van der Waals surface area contributed by atoms with Crippen molar-refractivity contribution < 1.29 is 14.1 Å². The van der Waals surface area contributed by atoms with E-state index in [2.05, 4.69) is 0 Å². The molecule has 0 spiro atoms. The van der Waals surface area contributed by atoms with Crippen molar-refractivity contribution in [3.63, 3.8) is 0 Å². The number of rotatable bonds is 2. The highest BCUT2D eigenvalue weighted by molar-refractivity contribution is 7.18. The molecule has 1 aromatic rings. The van der Waals surface area contributed by atoms with E-state index in [9.17, 15) is 14.1 Å². The maximum atomic E-state index is 10.4. The zero-order valence-corrected chi connectivity index (χ0v) is 7.92. The van der Waals surface area contributed by atoms with E-state index < -0.39 is 17.0 Å². The Morgan fingerprint density at radius 1 is 1.18 bits per heavy atom. The largest absolute Gasteiger partial charge is 0.409 e. The van der Waals surface area contributed by atoms with Crippen LogP contribution in [0.5, 0.6) is 0 Å². The second kappa shape index (κ2) is 3.18. The predicted octanol–water partition coefficient (Wildman–Crippen LogP) is -1.40. The van der Waals surface area contributed by atoms with E-state index in [4.69, 9.17) is 0 Å². The van der Waals surface area contributed by atoms with E-state index in [-0.39, 0.29) is 0 Å². The zero-order chi connectivity index (χ0) is 8.32. The lowest BCUT2D eigenvalue weighted by atomic mass is 10.4. The first-order valence-electron chi connectivity index (χ1n) is 3.13. The molecule has 0 heterocycles. The van der Waals surface area contributed by atoms with Crippen LogP contribution in [0.3, 0.4) is 0 Å². The Labute approximate surface area is 67.2 Å². The van der Waals surface area contributed by atoms with E-state index in [0.29, 0.717) is 5.19 Å². The molecule has 0 aliphatic heterocycles. The van der Waals surface area contributed by atoms with E-state index in [1.807, 2.05) is 0 Å². The van der Waals surface area contributed by atoms with Gasteiger partial charge in [0.2, 0.25) is 0 Å². The minimum atomic E-state index is -3.53. The molecule has 11 heavy (non-hydrogen) atoms. The van der Waals surface area contributed by atoms with Crippen LogP contribution < -0.4 is 5.19 Å². The second-order valence-electron chi connectivity index (χ2n) is 2.21. The fourth-order valence-electron chi connectivity index (χ4n) is 0.751. The summed E-state index contributed by atoms with van der Waals surface area (Å²) in [7, 11) is -5.02.